The zero-order valence-electron chi connectivity index (χ0n) is 22.9. The van der Waals surface area contributed by atoms with E-state index in [0.29, 0.717) is 11.8 Å². The van der Waals surface area contributed by atoms with Crippen molar-refractivity contribution < 1.29 is 0 Å². The van der Waals surface area contributed by atoms with Crippen LogP contribution in [0.5, 0.6) is 0 Å². The first-order valence-electron chi connectivity index (χ1n) is 12.7. The number of hydrogen-bond acceptors (Lipinski definition) is 0. The Balaban J connectivity index is 2.11. The van der Waals surface area contributed by atoms with Gasteiger partial charge in [0.25, 0.3) is 0 Å². The van der Waals surface area contributed by atoms with E-state index < -0.39 is 0 Å². The lowest BCUT2D eigenvalue weighted by Crippen LogP contribution is -2.58. The van der Waals surface area contributed by atoms with Crippen molar-refractivity contribution in [1.29, 1.82) is 0 Å². The lowest BCUT2D eigenvalue weighted by Gasteiger charge is -2.67. The second-order valence-electron chi connectivity index (χ2n) is 11.9. The Bertz CT molecular complexity index is 1280. The van der Waals surface area contributed by atoms with Gasteiger partial charge in [0.2, 0.25) is 0 Å². The standard InChI is InChI=1S/C34H42/c1-14-15-27-16-17-28-23(7)33(12)26(10)32(11)18-20(4)29(19(2)3)24(8)34(32,13)25(9)31(33)22(6)30(28)21(27)5/h15-17,23,26H,1-2,6,8,18H2,3-5,7,9-13H3/t23-,26+,32+,33-,34-/m1/s1. The van der Waals surface area contributed by atoms with E-state index in [1.54, 1.807) is 0 Å². The fraction of sp³-hybridized carbons (Fsp3) is 0.441. The number of benzene rings is 1. The van der Waals surface area contributed by atoms with Crippen molar-refractivity contribution >= 4 is 11.6 Å². The van der Waals surface area contributed by atoms with E-state index in [-0.39, 0.29) is 16.2 Å². The summed E-state index contributed by atoms with van der Waals surface area (Å²) in [6.45, 7) is 39.1. The molecule has 0 heteroatoms. The first kappa shape index (κ1) is 24.6. The second kappa shape index (κ2) is 7.47. The molecule has 34 heavy (non-hydrogen) atoms. The summed E-state index contributed by atoms with van der Waals surface area (Å²) in [4.78, 5) is 0. The van der Waals surface area contributed by atoms with Crippen LogP contribution < -0.4 is 0 Å². The van der Waals surface area contributed by atoms with Gasteiger partial charge in [-0.15, -0.1) is 5.73 Å². The topological polar surface area (TPSA) is 0 Å². The highest BCUT2D eigenvalue weighted by atomic mass is 14.7. The quantitative estimate of drug-likeness (QED) is 0.393. The Kier molecular flexibility index (Phi) is 5.39. The molecule has 0 saturated heterocycles. The smallest absolute Gasteiger partial charge is 0.0196 e. The highest BCUT2D eigenvalue weighted by Gasteiger charge is 2.64. The Morgan fingerprint density at radius 1 is 1.09 bits per heavy atom. The average Bonchev–Trinajstić information content (AvgIpc) is 2.75. The lowest BCUT2D eigenvalue weighted by atomic mass is 9.37. The molecule has 0 bridgehead atoms. The van der Waals surface area contributed by atoms with Crippen LogP contribution in [0.25, 0.3) is 11.6 Å². The van der Waals surface area contributed by atoms with Crippen LogP contribution in [-0.2, 0) is 0 Å². The normalized spacial score (nSPS) is 34.9. The SMILES string of the molecule is C=C=Cc1ccc2c(c1C)C(=C)C1=C(C)[C@@]3(C)C(=C)C(C(=C)C)=C(C)C[C@@]3(C)[C@H](C)[C@@]1(C)[C@@H]2C. The van der Waals surface area contributed by atoms with E-state index in [0.717, 1.165) is 12.0 Å². The van der Waals surface area contributed by atoms with Crippen molar-refractivity contribution in [2.45, 2.75) is 74.7 Å². The van der Waals surface area contributed by atoms with Crippen LogP contribution in [0.3, 0.4) is 0 Å². The van der Waals surface area contributed by atoms with Crippen molar-refractivity contribution in [2.75, 3.05) is 0 Å². The van der Waals surface area contributed by atoms with Crippen molar-refractivity contribution in [1.82, 2.24) is 0 Å². The molecule has 0 N–H and O–H groups in total. The highest BCUT2D eigenvalue weighted by molar-refractivity contribution is 5.88. The van der Waals surface area contributed by atoms with E-state index >= 15 is 0 Å². The Morgan fingerprint density at radius 2 is 1.71 bits per heavy atom. The molecular formula is C34H42. The molecule has 1 aromatic rings. The second-order valence-corrected chi connectivity index (χ2v) is 11.9. The zero-order valence-corrected chi connectivity index (χ0v) is 22.9. The van der Waals surface area contributed by atoms with E-state index in [9.17, 15) is 0 Å². The van der Waals surface area contributed by atoms with Crippen LogP contribution in [0.1, 0.15) is 90.0 Å². The molecule has 5 atom stereocenters. The van der Waals surface area contributed by atoms with Gasteiger partial charge in [0.15, 0.2) is 0 Å². The average molecular weight is 451 g/mol. The summed E-state index contributed by atoms with van der Waals surface area (Å²) in [5.74, 6) is 0.824. The molecule has 0 aliphatic heterocycles. The van der Waals surface area contributed by atoms with Gasteiger partial charge in [-0.05, 0) is 102 Å². The number of rotatable bonds is 2. The van der Waals surface area contributed by atoms with Crippen LogP contribution >= 0.6 is 0 Å². The van der Waals surface area contributed by atoms with Gasteiger partial charge in [-0.1, -0.05) is 89.8 Å². The van der Waals surface area contributed by atoms with E-state index in [4.69, 9.17) is 13.2 Å². The van der Waals surface area contributed by atoms with Gasteiger partial charge in [-0.25, -0.2) is 0 Å². The van der Waals surface area contributed by atoms with Crippen LogP contribution in [0.2, 0.25) is 0 Å². The molecule has 0 unspecified atom stereocenters. The lowest BCUT2D eigenvalue weighted by molar-refractivity contribution is -0.0260. The van der Waals surface area contributed by atoms with Gasteiger partial charge in [0.1, 0.15) is 0 Å². The van der Waals surface area contributed by atoms with Gasteiger partial charge in [-0.3, -0.25) is 0 Å². The minimum atomic E-state index is -0.151. The van der Waals surface area contributed by atoms with Crippen LogP contribution in [0, 0.1) is 29.1 Å². The van der Waals surface area contributed by atoms with Crippen LogP contribution in [-0.4, -0.2) is 0 Å². The maximum absolute atomic E-state index is 4.79. The Labute approximate surface area is 208 Å². The van der Waals surface area contributed by atoms with Gasteiger partial charge < -0.3 is 0 Å². The molecule has 0 amide bonds. The Morgan fingerprint density at radius 3 is 2.26 bits per heavy atom. The predicted octanol–water partition coefficient (Wildman–Crippen LogP) is 9.76. The third kappa shape index (κ3) is 2.61. The van der Waals surface area contributed by atoms with Crippen molar-refractivity contribution in [2.24, 2.45) is 22.2 Å². The highest BCUT2D eigenvalue weighted by Crippen LogP contribution is 2.74. The summed E-state index contributed by atoms with van der Waals surface area (Å²) in [5, 5.41) is 0. The third-order valence-electron chi connectivity index (χ3n) is 10.8. The molecule has 4 rings (SSSR count). The van der Waals surface area contributed by atoms with Gasteiger partial charge >= 0.3 is 0 Å². The van der Waals surface area contributed by atoms with E-state index in [1.807, 2.05) is 6.08 Å². The summed E-state index contributed by atoms with van der Waals surface area (Å²) in [6.07, 6.45) is 3.06. The van der Waals surface area contributed by atoms with Gasteiger partial charge in [-0.2, -0.15) is 0 Å². The third-order valence-corrected chi connectivity index (χ3v) is 10.8. The molecule has 0 heterocycles. The van der Waals surface area contributed by atoms with Gasteiger partial charge in [0, 0.05) is 10.8 Å². The maximum Gasteiger partial charge on any atom is 0.0196 e. The predicted molar refractivity (Wildman–Crippen MR) is 150 cm³/mol. The van der Waals surface area contributed by atoms with Crippen LogP contribution in [0.15, 0.2) is 77.6 Å². The molecule has 0 aromatic heterocycles. The molecule has 3 aliphatic rings. The molecule has 0 nitrogen and oxygen atoms in total. The first-order valence-corrected chi connectivity index (χ1v) is 12.7. The summed E-state index contributed by atoms with van der Waals surface area (Å²) in [5.41, 5.74) is 17.2. The van der Waals surface area contributed by atoms with Crippen LogP contribution in [0.4, 0.5) is 0 Å². The zero-order chi connectivity index (χ0) is 25.5. The number of allylic oxidation sites excluding steroid dienone is 7. The first-order chi connectivity index (χ1) is 15.7. The Hall–Kier alpha value is -2.56. The minimum absolute atomic E-state index is 0.00799. The minimum Gasteiger partial charge on any atom is -0.128 e. The van der Waals surface area contributed by atoms with E-state index in [1.165, 1.54) is 55.7 Å². The number of fused-ring (bicyclic) bond motifs is 3. The molecule has 1 aromatic carbocycles. The maximum atomic E-state index is 4.79. The molecular weight excluding hydrogens is 408 g/mol. The molecule has 3 aliphatic carbocycles. The van der Waals surface area contributed by atoms with Crippen molar-refractivity contribution in [3.8, 4) is 0 Å². The fourth-order valence-corrected chi connectivity index (χ4v) is 8.43. The monoisotopic (exact) mass is 450 g/mol. The fourth-order valence-electron chi connectivity index (χ4n) is 8.43. The summed E-state index contributed by atoms with van der Waals surface area (Å²) in [6, 6.07) is 4.56. The van der Waals surface area contributed by atoms with Crippen molar-refractivity contribution in [3.63, 3.8) is 0 Å². The molecule has 0 spiro atoms. The molecule has 0 radical (unpaired) electrons. The number of hydrogen-bond donors (Lipinski definition) is 0. The van der Waals surface area contributed by atoms with Crippen molar-refractivity contribution in [3.05, 3.63) is 99.9 Å². The summed E-state index contributed by atoms with van der Waals surface area (Å²) < 4.78 is 0. The molecule has 0 saturated carbocycles. The molecule has 178 valence electrons. The van der Waals surface area contributed by atoms with E-state index in [2.05, 4.69) is 93.3 Å². The molecule has 0 fully saturated rings. The summed E-state index contributed by atoms with van der Waals surface area (Å²) in [7, 11) is 0. The summed E-state index contributed by atoms with van der Waals surface area (Å²) >= 11 is 0. The largest absolute Gasteiger partial charge is 0.128 e. The van der Waals surface area contributed by atoms with Gasteiger partial charge in [0.05, 0.1) is 0 Å².